The van der Waals surface area contributed by atoms with E-state index in [2.05, 4.69) is 20.7 Å². The highest BCUT2D eigenvalue weighted by Gasteiger charge is 2.22. The number of fused-ring (bicyclic) bond motifs is 2. The molecule has 2 bridgehead atoms. The summed E-state index contributed by atoms with van der Waals surface area (Å²) in [5, 5.41) is 10.3. The minimum Gasteiger partial charge on any atom is -0.487 e. The molecule has 9 heteroatoms. The Bertz CT molecular complexity index is 1040. The molecule has 1 aliphatic rings. The minimum atomic E-state index is -0.456. The molecule has 2 atom stereocenters. The van der Waals surface area contributed by atoms with Gasteiger partial charge in [0.1, 0.15) is 29.1 Å². The van der Waals surface area contributed by atoms with Gasteiger partial charge in [0.25, 0.3) is 5.91 Å². The van der Waals surface area contributed by atoms with Crippen LogP contribution < -0.4 is 15.4 Å². The van der Waals surface area contributed by atoms with E-state index in [1.165, 1.54) is 22.8 Å². The zero-order chi connectivity index (χ0) is 19.1. The molecule has 7 nitrogen and oxygen atoms in total. The number of nitrogens with zero attached hydrogens (tertiary/aromatic N) is 3. The fourth-order valence-electron chi connectivity index (χ4n) is 3.01. The lowest BCUT2D eigenvalue weighted by Gasteiger charge is -2.22. The maximum atomic E-state index is 14.0. The average molecular weight is 390 g/mol. The summed E-state index contributed by atoms with van der Waals surface area (Å²) < 4.78 is 21.4. The first-order valence-electron chi connectivity index (χ1n) is 8.47. The van der Waals surface area contributed by atoms with Crippen LogP contribution in [0.5, 0.6) is 5.75 Å². The van der Waals surface area contributed by atoms with Gasteiger partial charge in [-0.25, -0.2) is 13.9 Å². The molecule has 1 aliphatic heterocycles. The van der Waals surface area contributed by atoms with Gasteiger partial charge in [0.15, 0.2) is 5.65 Å². The van der Waals surface area contributed by atoms with Crippen molar-refractivity contribution in [3.8, 4) is 5.75 Å². The fraction of sp³-hybridized carbons (Fsp3) is 0.278. The Morgan fingerprint density at radius 1 is 1.37 bits per heavy atom. The Hall–Kier alpha value is -2.87. The molecular weight excluding hydrogens is 373 g/mol. The molecule has 0 saturated carbocycles. The number of anilines is 1. The topological polar surface area (TPSA) is 80.6 Å². The predicted molar refractivity (Wildman–Crippen MR) is 98.9 cm³/mol. The summed E-state index contributed by atoms with van der Waals surface area (Å²) in [6.45, 7) is 3.90. The van der Waals surface area contributed by atoms with Gasteiger partial charge in [-0.1, -0.05) is 11.6 Å². The largest absolute Gasteiger partial charge is 0.487 e. The second-order valence-electron chi connectivity index (χ2n) is 6.45. The summed E-state index contributed by atoms with van der Waals surface area (Å²) in [7, 11) is 0. The van der Waals surface area contributed by atoms with E-state index in [1.54, 1.807) is 19.2 Å². The molecule has 0 spiro atoms. The van der Waals surface area contributed by atoms with Crippen LogP contribution in [0.25, 0.3) is 5.65 Å². The van der Waals surface area contributed by atoms with Crippen LogP contribution in [0.1, 0.15) is 35.8 Å². The molecule has 0 saturated heterocycles. The number of carbonyl (C=O) groups excluding carboxylic acids is 1. The highest BCUT2D eigenvalue weighted by atomic mass is 35.5. The SMILES string of the molecule is C[C@H]1CNC(=O)c2cnn3ccc(nc23)N[C@H](C)c2cc(F)cc(Cl)c2O1. The van der Waals surface area contributed by atoms with Crippen LogP contribution in [0.3, 0.4) is 0 Å². The van der Waals surface area contributed by atoms with E-state index >= 15 is 0 Å². The van der Waals surface area contributed by atoms with Crippen LogP contribution in [-0.2, 0) is 0 Å². The summed E-state index contributed by atoms with van der Waals surface area (Å²) in [6.07, 6.45) is 2.79. The molecule has 4 rings (SSSR count). The summed E-state index contributed by atoms with van der Waals surface area (Å²) in [6, 6.07) is 3.97. The van der Waals surface area contributed by atoms with Crippen molar-refractivity contribution in [1.29, 1.82) is 0 Å². The molecule has 3 aromatic rings. The van der Waals surface area contributed by atoms with Gasteiger partial charge in [-0.15, -0.1) is 0 Å². The quantitative estimate of drug-likeness (QED) is 0.617. The zero-order valence-corrected chi connectivity index (χ0v) is 15.4. The lowest BCUT2D eigenvalue weighted by atomic mass is 10.1. The molecule has 2 N–H and O–H groups in total. The van der Waals surface area contributed by atoms with Crippen molar-refractivity contribution < 1.29 is 13.9 Å². The number of amides is 1. The van der Waals surface area contributed by atoms with E-state index < -0.39 is 5.82 Å². The minimum absolute atomic E-state index is 0.173. The number of ether oxygens (including phenoxy) is 1. The molecular formula is C18H17ClFN5O2. The molecule has 27 heavy (non-hydrogen) atoms. The Kier molecular flexibility index (Phi) is 4.35. The number of aromatic nitrogens is 3. The lowest BCUT2D eigenvalue weighted by molar-refractivity contribution is 0.0933. The monoisotopic (exact) mass is 389 g/mol. The number of rotatable bonds is 0. The number of halogens is 2. The van der Waals surface area contributed by atoms with Gasteiger partial charge >= 0.3 is 0 Å². The van der Waals surface area contributed by atoms with E-state index in [4.69, 9.17) is 16.3 Å². The highest BCUT2D eigenvalue weighted by Crippen LogP contribution is 2.36. The van der Waals surface area contributed by atoms with Crippen molar-refractivity contribution in [1.82, 2.24) is 19.9 Å². The van der Waals surface area contributed by atoms with E-state index in [1.807, 2.05) is 6.92 Å². The zero-order valence-electron chi connectivity index (χ0n) is 14.7. The van der Waals surface area contributed by atoms with Crippen LogP contribution in [0.15, 0.2) is 30.6 Å². The van der Waals surface area contributed by atoms with Crippen molar-refractivity contribution in [2.24, 2.45) is 0 Å². The molecule has 0 unspecified atom stereocenters. The van der Waals surface area contributed by atoms with Crippen LogP contribution in [0.4, 0.5) is 10.2 Å². The number of nitrogens with one attached hydrogen (secondary N) is 2. The van der Waals surface area contributed by atoms with Gasteiger partial charge in [-0.2, -0.15) is 5.10 Å². The summed E-state index contributed by atoms with van der Waals surface area (Å²) in [5.74, 6) is 0.136. The first kappa shape index (κ1) is 17.5. The smallest absolute Gasteiger partial charge is 0.256 e. The highest BCUT2D eigenvalue weighted by molar-refractivity contribution is 6.32. The van der Waals surface area contributed by atoms with Crippen LogP contribution in [0, 0.1) is 5.82 Å². The third kappa shape index (κ3) is 3.28. The van der Waals surface area contributed by atoms with E-state index in [0.29, 0.717) is 28.3 Å². The summed E-state index contributed by atoms with van der Waals surface area (Å²) in [4.78, 5) is 17.0. The Labute approximate surface area is 159 Å². The third-order valence-corrected chi connectivity index (χ3v) is 4.63. The number of hydrogen-bond acceptors (Lipinski definition) is 5. The van der Waals surface area contributed by atoms with Gasteiger partial charge in [0.2, 0.25) is 0 Å². The van der Waals surface area contributed by atoms with Crippen LogP contribution in [0.2, 0.25) is 5.02 Å². The van der Waals surface area contributed by atoms with Crippen LogP contribution in [-0.4, -0.2) is 33.2 Å². The maximum absolute atomic E-state index is 14.0. The van der Waals surface area contributed by atoms with Gasteiger partial charge in [0.05, 0.1) is 23.8 Å². The summed E-state index contributed by atoms with van der Waals surface area (Å²) in [5.41, 5.74) is 1.35. The number of carbonyl (C=O) groups is 1. The van der Waals surface area contributed by atoms with Gasteiger partial charge < -0.3 is 15.4 Å². The third-order valence-electron chi connectivity index (χ3n) is 4.35. The van der Waals surface area contributed by atoms with Crippen molar-refractivity contribution in [3.05, 3.63) is 52.6 Å². The fourth-order valence-corrected chi connectivity index (χ4v) is 3.27. The van der Waals surface area contributed by atoms with Gasteiger partial charge in [-0.3, -0.25) is 4.79 Å². The van der Waals surface area contributed by atoms with Crippen molar-refractivity contribution >= 4 is 29.0 Å². The van der Waals surface area contributed by atoms with E-state index in [0.717, 1.165) is 0 Å². The number of benzene rings is 1. The molecule has 1 amide bonds. The average Bonchev–Trinajstić information content (AvgIpc) is 3.04. The first-order chi connectivity index (χ1) is 12.9. The normalized spacial score (nSPS) is 19.9. The van der Waals surface area contributed by atoms with E-state index in [-0.39, 0.29) is 29.6 Å². The molecule has 140 valence electrons. The molecule has 1 aromatic carbocycles. The van der Waals surface area contributed by atoms with Crippen LogP contribution >= 0.6 is 11.6 Å². The predicted octanol–water partition coefficient (Wildman–Crippen LogP) is 3.21. The molecule has 2 aromatic heterocycles. The van der Waals surface area contributed by atoms with Crippen molar-refractivity contribution in [2.75, 3.05) is 11.9 Å². The molecule has 3 heterocycles. The standard InChI is InChI=1S/C18H17ClFN5O2/c1-9-7-21-18(26)13-8-22-25-4-3-15(24-17(13)25)23-10(2)12-5-11(20)6-14(19)16(12)27-9/h3-6,8-10H,7H2,1-2H3,(H,21,26)(H,23,24)/t9-,10+/m0/s1. The molecule has 0 radical (unpaired) electrons. The van der Waals surface area contributed by atoms with Crippen molar-refractivity contribution in [3.63, 3.8) is 0 Å². The van der Waals surface area contributed by atoms with Crippen molar-refractivity contribution in [2.45, 2.75) is 26.0 Å². The summed E-state index contributed by atoms with van der Waals surface area (Å²) >= 11 is 6.23. The van der Waals surface area contributed by atoms with E-state index in [9.17, 15) is 9.18 Å². The molecule has 0 fully saturated rings. The number of hydrogen-bond donors (Lipinski definition) is 2. The maximum Gasteiger partial charge on any atom is 0.256 e. The Balaban J connectivity index is 1.84. The second kappa shape index (κ2) is 6.70. The van der Waals surface area contributed by atoms with Gasteiger partial charge in [0, 0.05) is 11.8 Å². The Morgan fingerprint density at radius 3 is 3.00 bits per heavy atom. The van der Waals surface area contributed by atoms with Gasteiger partial charge in [-0.05, 0) is 32.0 Å². The first-order valence-corrected chi connectivity index (χ1v) is 8.85. The molecule has 0 aliphatic carbocycles. The second-order valence-corrected chi connectivity index (χ2v) is 6.86. The Morgan fingerprint density at radius 2 is 2.19 bits per heavy atom. The lowest BCUT2D eigenvalue weighted by Crippen LogP contribution is -2.33.